The lowest BCUT2D eigenvalue weighted by Crippen LogP contribution is -2.33. The maximum absolute atomic E-state index is 12.2. The number of nitro benzene ring substituents is 1. The van der Waals surface area contributed by atoms with Crippen molar-refractivity contribution in [2.24, 2.45) is 0 Å². The summed E-state index contributed by atoms with van der Waals surface area (Å²) in [7, 11) is -2.52. The van der Waals surface area contributed by atoms with E-state index in [9.17, 15) is 18.5 Å². The largest absolute Gasteiger partial charge is 0.399 e. The summed E-state index contributed by atoms with van der Waals surface area (Å²) >= 11 is 0. The summed E-state index contributed by atoms with van der Waals surface area (Å²) in [4.78, 5) is 9.78. The molecule has 0 saturated heterocycles. The van der Waals surface area contributed by atoms with Gasteiger partial charge in [0.1, 0.15) is 0 Å². The van der Waals surface area contributed by atoms with Gasteiger partial charge in [-0.05, 0) is 26.0 Å². The molecule has 1 rings (SSSR count). The molecule has 0 amide bonds. The highest BCUT2D eigenvalue weighted by atomic mass is 32.2. The van der Waals surface area contributed by atoms with Crippen LogP contribution < -0.4 is 5.73 Å². The van der Waals surface area contributed by atoms with Gasteiger partial charge >= 0.3 is 0 Å². The van der Waals surface area contributed by atoms with E-state index in [0.717, 1.165) is 16.4 Å². The van der Waals surface area contributed by atoms with Gasteiger partial charge in [0.2, 0.25) is 10.0 Å². The number of nitrogens with two attached hydrogens (primary N) is 1. The van der Waals surface area contributed by atoms with Gasteiger partial charge < -0.3 is 5.73 Å². The first-order chi connectivity index (χ1) is 8.17. The molecule has 0 bridgehead atoms. The van der Waals surface area contributed by atoms with Crippen LogP contribution in [0.1, 0.15) is 13.8 Å². The number of hydrogen-bond donors (Lipinski definition) is 1. The second-order valence-corrected chi connectivity index (χ2v) is 6.07. The molecule has 0 aliphatic heterocycles. The number of benzene rings is 1. The van der Waals surface area contributed by atoms with Crippen LogP contribution >= 0.6 is 0 Å². The molecule has 18 heavy (non-hydrogen) atoms. The third kappa shape index (κ3) is 2.59. The second-order valence-electron chi connectivity index (χ2n) is 4.10. The number of hydrogen-bond acceptors (Lipinski definition) is 5. The van der Waals surface area contributed by atoms with E-state index in [1.54, 1.807) is 13.8 Å². The zero-order valence-electron chi connectivity index (χ0n) is 10.3. The number of anilines is 1. The molecular weight excluding hydrogens is 258 g/mol. The zero-order valence-corrected chi connectivity index (χ0v) is 11.1. The molecule has 0 spiro atoms. The quantitative estimate of drug-likeness (QED) is 0.504. The molecule has 8 heteroatoms. The lowest BCUT2D eigenvalue weighted by molar-refractivity contribution is -0.387. The normalized spacial score (nSPS) is 12.1. The highest BCUT2D eigenvalue weighted by molar-refractivity contribution is 7.89. The van der Waals surface area contributed by atoms with E-state index in [2.05, 4.69) is 0 Å². The zero-order chi connectivity index (χ0) is 14.1. The van der Waals surface area contributed by atoms with Gasteiger partial charge in [-0.15, -0.1) is 0 Å². The van der Waals surface area contributed by atoms with E-state index < -0.39 is 20.6 Å². The Hall–Kier alpha value is -1.67. The molecule has 0 fully saturated rings. The first-order valence-corrected chi connectivity index (χ1v) is 6.64. The fourth-order valence-electron chi connectivity index (χ4n) is 1.33. The summed E-state index contributed by atoms with van der Waals surface area (Å²) in [6, 6.07) is 3.23. The van der Waals surface area contributed by atoms with E-state index in [1.807, 2.05) is 0 Å². The maximum atomic E-state index is 12.2. The number of nitrogens with zero attached hydrogens (tertiary/aromatic N) is 2. The van der Waals surface area contributed by atoms with Crippen LogP contribution in [0.2, 0.25) is 0 Å². The lowest BCUT2D eigenvalue weighted by atomic mass is 10.3. The van der Waals surface area contributed by atoms with Crippen LogP contribution in [0.4, 0.5) is 11.4 Å². The molecule has 2 N–H and O–H groups in total. The molecule has 0 aliphatic carbocycles. The number of nitro groups is 1. The van der Waals surface area contributed by atoms with E-state index in [-0.39, 0.29) is 16.6 Å². The Morgan fingerprint density at radius 2 is 1.94 bits per heavy atom. The van der Waals surface area contributed by atoms with E-state index in [0.29, 0.717) is 0 Å². The highest BCUT2D eigenvalue weighted by Crippen LogP contribution is 2.28. The van der Waals surface area contributed by atoms with Gasteiger partial charge in [0.15, 0.2) is 4.90 Å². The summed E-state index contributed by atoms with van der Waals surface area (Å²) < 4.78 is 25.5. The predicted molar refractivity (Wildman–Crippen MR) is 67.6 cm³/mol. The third-order valence-corrected chi connectivity index (χ3v) is 4.64. The van der Waals surface area contributed by atoms with Gasteiger partial charge in [-0.25, -0.2) is 8.42 Å². The van der Waals surface area contributed by atoms with Crippen molar-refractivity contribution >= 4 is 21.4 Å². The molecule has 100 valence electrons. The smallest absolute Gasteiger partial charge is 0.291 e. The van der Waals surface area contributed by atoms with Crippen molar-refractivity contribution in [3.63, 3.8) is 0 Å². The van der Waals surface area contributed by atoms with E-state index in [1.165, 1.54) is 13.1 Å². The van der Waals surface area contributed by atoms with Crippen LogP contribution in [0.25, 0.3) is 0 Å². The van der Waals surface area contributed by atoms with Crippen LogP contribution in [0.3, 0.4) is 0 Å². The number of rotatable bonds is 4. The first-order valence-electron chi connectivity index (χ1n) is 5.20. The molecule has 0 unspecified atom stereocenters. The van der Waals surface area contributed by atoms with E-state index >= 15 is 0 Å². The van der Waals surface area contributed by atoms with Crippen LogP contribution in [0, 0.1) is 10.1 Å². The Balaban J connectivity index is 3.46. The van der Waals surface area contributed by atoms with Crippen LogP contribution in [0.5, 0.6) is 0 Å². The van der Waals surface area contributed by atoms with Crippen LogP contribution in [-0.2, 0) is 10.0 Å². The molecule has 1 aromatic carbocycles. The molecule has 0 saturated carbocycles. The van der Waals surface area contributed by atoms with Crippen molar-refractivity contribution in [2.75, 3.05) is 12.8 Å². The van der Waals surface area contributed by atoms with Crippen molar-refractivity contribution < 1.29 is 13.3 Å². The Labute approximate surface area is 105 Å². The van der Waals surface area contributed by atoms with Gasteiger partial charge in [-0.1, -0.05) is 0 Å². The fraction of sp³-hybridized carbons (Fsp3) is 0.400. The first kappa shape index (κ1) is 14.4. The monoisotopic (exact) mass is 273 g/mol. The van der Waals surface area contributed by atoms with Crippen molar-refractivity contribution in [1.82, 2.24) is 4.31 Å². The predicted octanol–water partition coefficient (Wildman–Crippen LogP) is 1.21. The van der Waals surface area contributed by atoms with Gasteiger partial charge in [0, 0.05) is 24.8 Å². The average Bonchev–Trinajstić information content (AvgIpc) is 2.27. The molecule has 0 radical (unpaired) electrons. The summed E-state index contributed by atoms with van der Waals surface area (Å²) in [5.74, 6) is 0. The maximum Gasteiger partial charge on any atom is 0.291 e. The van der Waals surface area contributed by atoms with Crippen LogP contribution in [-0.4, -0.2) is 30.7 Å². The molecule has 1 aromatic rings. The highest BCUT2D eigenvalue weighted by Gasteiger charge is 2.30. The SMILES string of the molecule is CC(C)N(C)S(=O)(=O)c1ccc(N)cc1[N+](=O)[O-]. The number of sulfonamides is 1. The Morgan fingerprint density at radius 1 is 1.39 bits per heavy atom. The molecule has 0 aromatic heterocycles. The van der Waals surface area contributed by atoms with Gasteiger partial charge in [-0.2, -0.15) is 4.31 Å². The minimum Gasteiger partial charge on any atom is -0.399 e. The third-order valence-electron chi connectivity index (χ3n) is 2.56. The van der Waals surface area contributed by atoms with Gasteiger partial charge in [0.25, 0.3) is 5.69 Å². The van der Waals surface area contributed by atoms with Crippen molar-refractivity contribution in [3.8, 4) is 0 Å². The molecule has 7 nitrogen and oxygen atoms in total. The molecular formula is C10H15N3O4S. The Morgan fingerprint density at radius 3 is 2.39 bits per heavy atom. The minimum absolute atomic E-state index is 0.146. The fourth-order valence-corrected chi connectivity index (χ4v) is 2.83. The molecule has 0 atom stereocenters. The van der Waals surface area contributed by atoms with E-state index in [4.69, 9.17) is 5.73 Å². The standard InChI is InChI=1S/C10H15N3O4S/c1-7(2)12(3)18(16,17)10-5-4-8(11)6-9(10)13(14)15/h4-7H,11H2,1-3H3. The summed E-state index contributed by atoms with van der Waals surface area (Å²) in [6.07, 6.45) is 0. The average molecular weight is 273 g/mol. The van der Waals surface area contributed by atoms with Crippen molar-refractivity contribution in [1.29, 1.82) is 0 Å². The number of nitrogen functional groups attached to an aromatic ring is 1. The summed E-state index contributed by atoms with van der Waals surface area (Å²) in [5, 5.41) is 10.9. The van der Waals surface area contributed by atoms with Crippen molar-refractivity contribution in [2.45, 2.75) is 24.8 Å². The van der Waals surface area contributed by atoms with Gasteiger partial charge in [-0.3, -0.25) is 10.1 Å². The minimum atomic E-state index is -3.89. The lowest BCUT2D eigenvalue weighted by Gasteiger charge is -2.20. The molecule has 0 aliphatic rings. The topological polar surface area (TPSA) is 107 Å². The Kier molecular flexibility index (Phi) is 3.92. The summed E-state index contributed by atoms with van der Waals surface area (Å²) in [5.41, 5.74) is 5.07. The van der Waals surface area contributed by atoms with Gasteiger partial charge in [0.05, 0.1) is 4.92 Å². The molecule has 0 heterocycles. The second kappa shape index (κ2) is 4.91. The Bertz CT molecular complexity index is 568. The van der Waals surface area contributed by atoms with Crippen molar-refractivity contribution in [3.05, 3.63) is 28.3 Å². The summed E-state index contributed by atoms with van der Waals surface area (Å²) in [6.45, 7) is 3.36. The van der Waals surface area contributed by atoms with Crippen LogP contribution in [0.15, 0.2) is 23.1 Å².